The predicted molar refractivity (Wildman–Crippen MR) is 605 cm³/mol. The molecule has 0 N–H and O–H groups in total. The Kier molecular flexibility index (Phi) is 29.6. The van der Waals surface area contributed by atoms with Gasteiger partial charge in [0.2, 0.25) is 11.8 Å². The number of para-hydroxylation sites is 3. The van der Waals surface area contributed by atoms with E-state index in [1.807, 2.05) is 118 Å². The van der Waals surface area contributed by atoms with Crippen LogP contribution in [0.25, 0.3) is 10.8 Å². The first-order valence-corrected chi connectivity index (χ1v) is 53.3. The molecule has 15 aromatic rings. The standard InChI is InChI=1S/C48H41N2OP.C34H29N2P.C17H23NO.2C16H19NO/c1-32-25-33(2)28-39(27-32)45-46(40-29-34(3)26-35(4)30-40)50(48(51)38-24-23-36-15-11-12-16-37(36)31-38)47(49-45)43-21-13-14-22-44(43)52(41-17-7-5-8-18-41)42-19-9-6-10-20-42;1-36-33(27-18-8-3-9-19-27)32(26-16-6-2-7-17-26)35-34(36)30-24-14-15-25-31(30)37(28-20-10-4-11-21-28)29-22-12-5-13-23-29;1-13-7-5-6-8-15(13)18(4)16(19)14-9-11-17(2,3)12-10-14;2*1-15(2)8-10-16(11-9-15)12-6-4-5-7-13(12)17(3)14(16)18/h5-31,45-46H,1-4H3;2-25,32-33H,1H3;5-9H,10-12H2,1-4H3;2*4-8,10H,9,11H2,1-3H3/t45-,46-;;;2*16-/m0..00/s1. The van der Waals surface area contributed by atoms with Crippen molar-refractivity contribution in [1.29, 1.82) is 0 Å². The Labute approximate surface area is 855 Å². The molecule has 0 bridgehead atoms. The molecule has 7 aliphatic rings. The van der Waals surface area contributed by atoms with E-state index in [0.29, 0.717) is 16.8 Å². The molecule has 144 heavy (non-hydrogen) atoms. The SMILES string of the molecule is CN1C(=O)[C@]2(C=CC(C)(C)CC2)c2ccccc21.CN1C(=O)[C@]2(C=CC(C)(C)CC2)c2ccccc21.CN1C(c2ccccc2P(c2ccccc2)c2ccccc2)=NC(c2ccccc2)C1c1ccccc1.Cc1cc(C)cc([C@@H]2N=C(c3ccccc3P(c3ccccc3)c3ccccc3)N(C(=O)c3ccc4ccccc4c3)[C@H]2c2cc(C)cc(C)c2)c1.Cc1ccccc1N(C)C(=O)C1=CCC(C)(C)CC1. The number of aryl methyl sites for hydroxylation is 5. The molecular formula is C131H131N7O4P2. The summed E-state index contributed by atoms with van der Waals surface area (Å²) in [5.41, 5.74) is 19.8. The highest BCUT2D eigenvalue weighted by Gasteiger charge is 2.52. The van der Waals surface area contributed by atoms with Crippen LogP contribution in [-0.2, 0) is 25.2 Å². The zero-order chi connectivity index (χ0) is 101. The highest BCUT2D eigenvalue weighted by molar-refractivity contribution is 7.80. The molecule has 2 spiro atoms. The van der Waals surface area contributed by atoms with E-state index < -0.39 is 26.7 Å². The van der Waals surface area contributed by atoms with Crippen molar-refractivity contribution in [3.8, 4) is 0 Å². The highest BCUT2D eigenvalue weighted by Crippen LogP contribution is 2.54. The van der Waals surface area contributed by atoms with E-state index in [4.69, 9.17) is 9.98 Å². The Morgan fingerprint density at radius 3 is 1.22 bits per heavy atom. The molecule has 3 aliphatic carbocycles. The van der Waals surface area contributed by atoms with Gasteiger partial charge in [-0.3, -0.25) is 34.1 Å². The van der Waals surface area contributed by atoms with Crippen molar-refractivity contribution in [2.24, 2.45) is 26.2 Å². The van der Waals surface area contributed by atoms with E-state index >= 15 is 4.79 Å². The lowest BCUT2D eigenvalue weighted by Gasteiger charge is -2.34. The molecule has 11 nitrogen and oxygen atoms in total. The second kappa shape index (κ2) is 42.7. The van der Waals surface area contributed by atoms with Gasteiger partial charge < -0.3 is 19.6 Å². The molecule has 4 heterocycles. The second-order valence-corrected chi connectivity index (χ2v) is 46.2. The van der Waals surface area contributed by atoms with Crippen molar-refractivity contribution in [3.63, 3.8) is 0 Å². The number of anilines is 3. The Balaban J connectivity index is 0.000000128. The molecule has 4 amide bonds. The number of hydrogen-bond acceptors (Lipinski definition) is 7. The lowest BCUT2D eigenvalue weighted by molar-refractivity contribution is -0.122. The summed E-state index contributed by atoms with van der Waals surface area (Å²) in [6.07, 6.45) is 17.7. The number of allylic oxidation sites excluding steroid dienone is 3. The van der Waals surface area contributed by atoms with Crippen molar-refractivity contribution in [1.82, 2.24) is 9.80 Å². The van der Waals surface area contributed by atoms with Gasteiger partial charge in [0.15, 0.2) is 0 Å². The molecule has 724 valence electrons. The summed E-state index contributed by atoms with van der Waals surface area (Å²) in [5, 5.41) is 9.84. The van der Waals surface area contributed by atoms with E-state index in [0.717, 1.165) is 118 Å². The summed E-state index contributed by atoms with van der Waals surface area (Å²) in [5.74, 6) is 2.29. The third kappa shape index (κ3) is 21.0. The maximum absolute atomic E-state index is 15.4. The van der Waals surface area contributed by atoms with Crippen LogP contribution in [0.2, 0.25) is 0 Å². The molecule has 4 aliphatic heterocycles. The van der Waals surface area contributed by atoms with Crippen LogP contribution >= 0.6 is 15.8 Å². The van der Waals surface area contributed by atoms with Gasteiger partial charge >= 0.3 is 0 Å². The Morgan fingerprint density at radius 2 is 0.764 bits per heavy atom. The number of nitrogens with zero attached hydrogens (tertiary/aromatic N) is 7. The van der Waals surface area contributed by atoms with Gasteiger partial charge in [-0.25, -0.2) is 0 Å². The molecule has 0 saturated carbocycles. The molecule has 22 rings (SSSR count). The van der Waals surface area contributed by atoms with Gasteiger partial charge in [-0.2, -0.15) is 0 Å². The maximum atomic E-state index is 15.4. The summed E-state index contributed by atoms with van der Waals surface area (Å²) in [4.78, 5) is 74.1. The number of benzene rings is 15. The summed E-state index contributed by atoms with van der Waals surface area (Å²) >= 11 is 0. The number of amidine groups is 2. The quantitative estimate of drug-likeness (QED) is 0.0750. The number of amides is 4. The smallest absolute Gasteiger partial charge is 0.260 e. The van der Waals surface area contributed by atoms with Crippen LogP contribution in [-0.4, -0.2) is 73.3 Å². The first kappa shape index (κ1) is 99.8. The van der Waals surface area contributed by atoms with E-state index in [-0.39, 0.29) is 58.6 Å². The number of carbonyl (C=O) groups excluding carboxylic acids is 4. The summed E-state index contributed by atoms with van der Waals surface area (Å²) in [7, 11) is 6.10. The third-order valence-corrected chi connectivity index (χ3v) is 34.7. The molecule has 0 fully saturated rings. The van der Waals surface area contributed by atoms with Crippen molar-refractivity contribution in [2.75, 3.05) is 42.9 Å². The van der Waals surface area contributed by atoms with Crippen molar-refractivity contribution >= 4 is 111 Å². The van der Waals surface area contributed by atoms with Crippen molar-refractivity contribution in [2.45, 2.75) is 156 Å². The minimum absolute atomic E-state index is 0.0244. The average molecular weight is 1930 g/mol. The minimum Gasteiger partial charge on any atom is -0.350 e. The summed E-state index contributed by atoms with van der Waals surface area (Å²) in [6, 6.07) is 134. The van der Waals surface area contributed by atoms with E-state index in [1.165, 1.54) is 70.8 Å². The molecule has 0 saturated heterocycles. The van der Waals surface area contributed by atoms with Crippen LogP contribution in [0.15, 0.2) is 428 Å². The largest absolute Gasteiger partial charge is 0.350 e. The zero-order valence-electron chi connectivity index (χ0n) is 85.7. The van der Waals surface area contributed by atoms with Gasteiger partial charge in [-0.15, -0.1) is 0 Å². The van der Waals surface area contributed by atoms with Crippen LogP contribution in [0.3, 0.4) is 0 Å². The van der Waals surface area contributed by atoms with Gasteiger partial charge in [0.05, 0.1) is 22.9 Å². The molecule has 2 unspecified atom stereocenters. The molecule has 0 aromatic heterocycles. The van der Waals surface area contributed by atoms with Gasteiger partial charge in [0.25, 0.3) is 11.8 Å². The molecule has 13 heteroatoms. The van der Waals surface area contributed by atoms with Crippen LogP contribution in [0.5, 0.6) is 0 Å². The first-order valence-electron chi connectivity index (χ1n) is 50.6. The number of hydrogen-bond donors (Lipinski definition) is 0. The van der Waals surface area contributed by atoms with Gasteiger partial charge in [-0.05, 0) is 224 Å². The lowest BCUT2D eigenvalue weighted by atomic mass is 9.68. The molecule has 0 radical (unpaired) electrons. The highest BCUT2D eigenvalue weighted by atomic mass is 31.1. The first-order chi connectivity index (χ1) is 69.5. The van der Waals surface area contributed by atoms with Crippen LogP contribution in [0, 0.1) is 50.9 Å². The fourth-order valence-electron chi connectivity index (χ4n) is 21.9. The van der Waals surface area contributed by atoms with Crippen LogP contribution < -0.4 is 46.5 Å². The fourth-order valence-corrected chi connectivity index (χ4v) is 26.8. The van der Waals surface area contributed by atoms with Crippen molar-refractivity contribution in [3.05, 3.63) is 496 Å². The molecule has 15 aromatic carbocycles. The number of rotatable bonds is 15. The van der Waals surface area contributed by atoms with Crippen molar-refractivity contribution < 1.29 is 19.2 Å². The van der Waals surface area contributed by atoms with Crippen LogP contribution in [0.4, 0.5) is 17.1 Å². The topological polar surface area (TPSA) is 109 Å². The minimum atomic E-state index is -0.975. The van der Waals surface area contributed by atoms with E-state index in [1.54, 1.807) is 14.7 Å². The normalized spacial score (nSPS) is 19.6. The summed E-state index contributed by atoms with van der Waals surface area (Å²) < 4.78 is 0. The number of likely N-dealkylation sites (N-methyl/N-ethyl adjacent to an activating group) is 4. The maximum Gasteiger partial charge on any atom is 0.260 e. The third-order valence-electron chi connectivity index (χ3n) is 29.7. The Bertz CT molecular complexity index is 7160. The van der Waals surface area contributed by atoms with Gasteiger partial charge in [0.1, 0.15) is 23.8 Å². The number of aliphatic imine (C=N–C) groups is 2. The molecule has 6 atom stereocenters. The van der Waals surface area contributed by atoms with Gasteiger partial charge in [0, 0.05) is 67.5 Å². The molecular weight excluding hydrogens is 1800 g/mol. The number of carbonyl (C=O) groups is 4. The van der Waals surface area contributed by atoms with E-state index in [2.05, 4.69) is 409 Å². The Hall–Kier alpha value is -14.3. The summed E-state index contributed by atoms with van der Waals surface area (Å²) in [6.45, 7) is 24.0. The van der Waals surface area contributed by atoms with E-state index in [9.17, 15) is 14.4 Å². The fraction of sp³-hybridized carbons (Fsp3) is 0.237. The number of fused-ring (bicyclic) bond motifs is 5. The lowest BCUT2D eigenvalue weighted by Crippen LogP contribution is -2.40. The average Bonchev–Trinajstić information content (AvgIpc) is 1.58. The van der Waals surface area contributed by atoms with Crippen LogP contribution in [0.1, 0.15) is 193 Å². The van der Waals surface area contributed by atoms with Gasteiger partial charge in [-0.1, -0.05) is 446 Å². The second-order valence-electron chi connectivity index (χ2n) is 41.8. The Morgan fingerprint density at radius 1 is 0.368 bits per heavy atom. The zero-order valence-corrected chi connectivity index (χ0v) is 87.5. The predicted octanol–water partition coefficient (Wildman–Crippen LogP) is 27.5. The monoisotopic (exact) mass is 1930 g/mol.